The van der Waals surface area contributed by atoms with E-state index in [0.717, 1.165) is 17.8 Å². The van der Waals surface area contributed by atoms with Gasteiger partial charge in [0.1, 0.15) is 0 Å². The Morgan fingerprint density at radius 2 is 1.72 bits per heavy atom. The monoisotopic (exact) mass is 470 g/mol. The Kier molecular flexibility index (Phi) is 6.07. The van der Waals surface area contributed by atoms with Crippen molar-refractivity contribution >= 4 is 28.7 Å². The molecular weight excluding hydrogens is 427 g/mol. The molecule has 5 rings (SSSR count). The molecule has 32 heavy (non-hydrogen) atoms. The quantitative estimate of drug-likeness (QED) is 0.455. The molecule has 1 heterocycles. The summed E-state index contributed by atoms with van der Waals surface area (Å²) in [7, 11) is -4.03. The molecule has 1 saturated heterocycles. The standard InChI is InChI=1S/C26H43BO3Si2/c1-18(27-28-23-17-20-16-22(25(20,3)4)26(23,5)30-27)24(19(2)29-31(6,7)8)32(9,10)21-14-12-11-13-15-21/h11-15,19-20,22-24H,1,16-17H2,2-10H3/t19-,20+,22+,23-,24+,26+/m0/s1. The molecule has 3 aliphatic carbocycles. The molecule has 1 aromatic rings. The first-order valence-corrected chi connectivity index (χ1v) is 18.9. The van der Waals surface area contributed by atoms with Gasteiger partial charge in [-0.2, -0.15) is 0 Å². The van der Waals surface area contributed by atoms with E-state index in [1.165, 1.54) is 11.6 Å². The second-order valence-corrected chi connectivity index (χ2v) is 22.0. The molecule has 0 spiro atoms. The Hall–Kier alpha value is -0.661. The zero-order valence-corrected chi connectivity index (χ0v) is 23.7. The van der Waals surface area contributed by atoms with Gasteiger partial charge in [0.15, 0.2) is 8.32 Å². The zero-order valence-electron chi connectivity index (χ0n) is 21.7. The predicted octanol–water partition coefficient (Wildman–Crippen LogP) is 6.04. The Balaban J connectivity index is 1.64. The van der Waals surface area contributed by atoms with Gasteiger partial charge >= 0.3 is 7.12 Å². The summed E-state index contributed by atoms with van der Waals surface area (Å²) < 4.78 is 20.2. The maximum absolute atomic E-state index is 6.85. The van der Waals surface area contributed by atoms with Crippen LogP contribution in [-0.2, 0) is 13.7 Å². The molecule has 6 atom stereocenters. The van der Waals surface area contributed by atoms with Gasteiger partial charge in [0, 0.05) is 11.6 Å². The van der Waals surface area contributed by atoms with E-state index in [2.05, 4.69) is 97.3 Å². The second kappa shape index (κ2) is 7.94. The number of rotatable bonds is 7. The van der Waals surface area contributed by atoms with E-state index in [0.29, 0.717) is 11.3 Å². The normalized spacial score (nSPS) is 33.3. The van der Waals surface area contributed by atoms with E-state index >= 15 is 0 Å². The summed E-state index contributed by atoms with van der Waals surface area (Å²) in [5, 5.41) is 1.43. The van der Waals surface area contributed by atoms with Crippen molar-refractivity contribution in [1.29, 1.82) is 0 Å². The van der Waals surface area contributed by atoms with Crippen molar-refractivity contribution in [3.05, 3.63) is 42.4 Å². The van der Waals surface area contributed by atoms with Crippen LogP contribution in [0.3, 0.4) is 0 Å². The van der Waals surface area contributed by atoms with E-state index in [9.17, 15) is 0 Å². The summed E-state index contributed by atoms with van der Waals surface area (Å²) in [6.45, 7) is 25.7. The molecule has 1 aliphatic heterocycles. The summed E-state index contributed by atoms with van der Waals surface area (Å²) in [5.74, 6) is 1.31. The van der Waals surface area contributed by atoms with Crippen molar-refractivity contribution in [1.82, 2.24) is 0 Å². The van der Waals surface area contributed by atoms with Gasteiger partial charge in [0.05, 0.1) is 19.8 Å². The highest BCUT2D eigenvalue weighted by molar-refractivity contribution is 6.92. The third kappa shape index (κ3) is 3.94. The van der Waals surface area contributed by atoms with Crippen molar-refractivity contribution in [3.8, 4) is 0 Å². The van der Waals surface area contributed by atoms with E-state index in [4.69, 9.17) is 13.7 Å². The average molecular weight is 471 g/mol. The molecule has 0 N–H and O–H groups in total. The van der Waals surface area contributed by atoms with E-state index in [1.807, 2.05) is 0 Å². The molecule has 6 heteroatoms. The zero-order chi connectivity index (χ0) is 23.7. The third-order valence-electron chi connectivity index (χ3n) is 8.96. The molecule has 4 aliphatic rings. The summed E-state index contributed by atoms with van der Waals surface area (Å²) in [5.41, 5.74) is 1.43. The predicted molar refractivity (Wildman–Crippen MR) is 140 cm³/mol. The summed E-state index contributed by atoms with van der Waals surface area (Å²) in [6, 6.07) is 11.0. The lowest BCUT2D eigenvalue weighted by molar-refractivity contribution is -0.199. The van der Waals surface area contributed by atoms with Crippen LogP contribution in [-0.4, -0.2) is 41.3 Å². The van der Waals surface area contributed by atoms with Crippen molar-refractivity contribution < 1.29 is 13.7 Å². The SMILES string of the molecule is C=C(B1O[C@H]2C[C@H]3C[C@H](C3(C)C)[C@@]2(C)O1)[C@H]([C@H](C)O[Si](C)(C)C)[Si](C)(C)c1ccccc1. The van der Waals surface area contributed by atoms with E-state index in [-0.39, 0.29) is 30.5 Å². The molecule has 0 amide bonds. The van der Waals surface area contributed by atoms with E-state index in [1.54, 1.807) is 0 Å². The highest BCUT2D eigenvalue weighted by Crippen LogP contribution is 2.66. The van der Waals surface area contributed by atoms with Crippen LogP contribution in [0.1, 0.15) is 40.5 Å². The number of hydrogen-bond donors (Lipinski definition) is 0. The molecule has 3 nitrogen and oxygen atoms in total. The molecule has 0 unspecified atom stereocenters. The van der Waals surface area contributed by atoms with Crippen molar-refractivity contribution in [3.63, 3.8) is 0 Å². The smallest absolute Gasteiger partial charge is 0.415 e. The van der Waals surface area contributed by atoms with Gasteiger partial charge in [0.2, 0.25) is 0 Å². The van der Waals surface area contributed by atoms with Crippen molar-refractivity contribution in [2.45, 2.75) is 96.6 Å². The van der Waals surface area contributed by atoms with Gasteiger partial charge in [-0.05, 0) is 69.1 Å². The Morgan fingerprint density at radius 3 is 2.28 bits per heavy atom. The van der Waals surface area contributed by atoms with Gasteiger partial charge in [-0.1, -0.05) is 62.5 Å². The van der Waals surface area contributed by atoms with Gasteiger partial charge in [-0.15, -0.1) is 6.58 Å². The maximum atomic E-state index is 6.85. The fourth-order valence-corrected chi connectivity index (χ4v) is 12.3. The molecule has 1 aromatic carbocycles. The third-order valence-corrected chi connectivity index (χ3v) is 14.3. The van der Waals surface area contributed by atoms with Crippen LogP contribution in [0.5, 0.6) is 0 Å². The van der Waals surface area contributed by atoms with Gasteiger partial charge < -0.3 is 13.7 Å². The van der Waals surface area contributed by atoms with Crippen LogP contribution in [0.25, 0.3) is 0 Å². The minimum Gasteiger partial charge on any atom is -0.415 e. The van der Waals surface area contributed by atoms with Crippen LogP contribution >= 0.6 is 0 Å². The van der Waals surface area contributed by atoms with Gasteiger partial charge in [-0.25, -0.2) is 0 Å². The first-order valence-electron chi connectivity index (χ1n) is 12.4. The van der Waals surface area contributed by atoms with E-state index < -0.39 is 16.4 Å². The number of benzene rings is 1. The molecule has 176 valence electrons. The van der Waals surface area contributed by atoms with Crippen LogP contribution < -0.4 is 5.19 Å². The number of hydrogen-bond acceptors (Lipinski definition) is 3. The lowest BCUT2D eigenvalue weighted by atomic mass is 9.43. The second-order valence-electron chi connectivity index (χ2n) is 12.9. The Bertz CT molecular complexity index is 866. The average Bonchev–Trinajstić information content (AvgIpc) is 3.04. The van der Waals surface area contributed by atoms with Crippen LogP contribution in [0, 0.1) is 17.3 Å². The molecule has 4 fully saturated rings. The Morgan fingerprint density at radius 1 is 1.09 bits per heavy atom. The van der Waals surface area contributed by atoms with Crippen LogP contribution in [0.4, 0.5) is 0 Å². The molecule has 0 aromatic heterocycles. The topological polar surface area (TPSA) is 27.7 Å². The largest absolute Gasteiger partial charge is 0.489 e. The first-order chi connectivity index (χ1) is 14.7. The highest BCUT2D eigenvalue weighted by Gasteiger charge is 2.68. The lowest BCUT2D eigenvalue weighted by Crippen LogP contribution is -2.65. The fraction of sp³-hybridized carbons (Fsp3) is 0.692. The fourth-order valence-electron chi connectivity index (χ4n) is 7.20. The minimum atomic E-state index is -1.97. The lowest BCUT2D eigenvalue weighted by Gasteiger charge is -2.64. The van der Waals surface area contributed by atoms with Crippen LogP contribution in [0.2, 0.25) is 38.3 Å². The highest BCUT2D eigenvalue weighted by atomic mass is 28.4. The van der Waals surface area contributed by atoms with Gasteiger partial charge in [0.25, 0.3) is 0 Å². The molecular formula is C26H43BO3Si2. The summed E-state index contributed by atoms with van der Waals surface area (Å²) >= 11 is 0. The summed E-state index contributed by atoms with van der Waals surface area (Å²) in [4.78, 5) is 0. The Labute approximate surface area is 198 Å². The minimum absolute atomic E-state index is 0.0868. The summed E-state index contributed by atoms with van der Waals surface area (Å²) in [6.07, 6.45) is 2.64. The maximum Gasteiger partial charge on any atom is 0.489 e. The molecule has 0 radical (unpaired) electrons. The van der Waals surface area contributed by atoms with Crippen molar-refractivity contribution in [2.75, 3.05) is 0 Å². The van der Waals surface area contributed by atoms with Crippen molar-refractivity contribution in [2.24, 2.45) is 17.3 Å². The molecule has 3 saturated carbocycles. The van der Waals surface area contributed by atoms with Gasteiger partial charge in [-0.3, -0.25) is 0 Å². The van der Waals surface area contributed by atoms with Crippen LogP contribution in [0.15, 0.2) is 42.4 Å². The first kappa shape index (κ1) is 24.5. The molecule has 2 bridgehead atoms.